The largest absolute Gasteiger partial charge is 0.354 e. The van der Waals surface area contributed by atoms with Gasteiger partial charge in [-0.05, 0) is 29.8 Å². The minimum Gasteiger partial charge on any atom is -0.354 e. The van der Waals surface area contributed by atoms with Crippen LogP contribution in [0.4, 0.5) is 0 Å². The smallest absolute Gasteiger partial charge is 0.340 e. The van der Waals surface area contributed by atoms with Crippen LogP contribution in [0.15, 0.2) is 94.3 Å². The third kappa shape index (κ3) is 3.54. The van der Waals surface area contributed by atoms with Crippen LogP contribution in [0, 0.1) is 6.92 Å². The third-order valence-corrected chi connectivity index (χ3v) is 5.48. The van der Waals surface area contributed by atoms with Gasteiger partial charge in [0.05, 0.1) is 5.56 Å². The molecule has 0 aliphatic carbocycles. The van der Waals surface area contributed by atoms with E-state index in [1.54, 1.807) is 12.1 Å². The summed E-state index contributed by atoms with van der Waals surface area (Å²) in [6, 6.07) is 25.1. The fourth-order valence-corrected chi connectivity index (χ4v) is 3.72. The Hall–Kier alpha value is -3.38. The van der Waals surface area contributed by atoms with Gasteiger partial charge >= 0.3 is 10.1 Å². The summed E-state index contributed by atoms with van der Waals surface area (Å²) in [6.07, 6.45) is 0. The molecular formula is C22H17NO4S. The summed E-state index contributed by atoms with van der Waals surface area (Å²) in [4.78, 5) is 0.0568. The molecule has 0 unspecified atom stereocenters. The van der Waals surface area contributed by atoms with Crippen LogP contribution in [-0.2, 0) is 10.1 Å². The second-order valence-corrected chi connectivity index (χ2v) is 7.82. The van der Waals surface area contributed by atoms with E-state index in [1.807, 2.05) is 67.6 Å². The molecular weight excluding hydrogens is 374 g/mol. The number of benzene rings is 3. The number of hydrogen-bond acceptors (Lipinski definition) is 5. The van der Waals surface area contributed by atoms with E-state index < -0.39 is 10.1 Å². The molecule has 0 saturated heterocycles. The first-order chi connectivity index (χ1) is 13.5. The van der Waals surface area contributed by atoms with E-state index in [4.69, 9.17) is 8.71 Å². The highest BCUT2D eigenvalue weighted by molar-refractivity contribution is 7.87. The molecule has 0 aliphatic rings. The molecule has 1 aromatic heterocycles. The molecule has 4 aromatic rings. The Labute approximate surface area is 163 Å². The lowest BCUT2D eigenvalue weighted by Crippen LogP contribution is -2.10. The van der Waals surface area contributed by atoms with Crippen LogP contribution in [0.2, 0.25) is 0 Å². The number of aryl methyl sites for hydroxylation is 1. The van der Waals surface area contributed by atoms with E-state index in [0.717, 1.165) is 16.7 Å². The van der Waals surface area contributed by atoms with Crippen molar-refractivity contribution in [1.82, 2.24) is 5.16 Å². The van der Waals surface area contributed by atoms with E-state index in [0.29, 0.717) is 11.3 Å². The highest BCUT2D eigenvalue weighted by Crippen LogP contribution is 2.40. The van der Waals surface area contributed by atoms with Crippen molar-refractivity contribution in [3.63, 3.8) is 0 Å². The molecule has 5 nitrogen and oxygen atoms in total. The van der Waals surface area contributed by atoms with Gasteiger partial charge in [-0.3, -0.25) is 0 Å². The molecule has 3 aromatic carbocycles. The fraction of sp³-hybridized carbons (Fsp3) is 0.0455. The van der Waals surface area contributed by atoms with Crippen LogP contribution in [-0.4, -0.2) is 13.6 Å². The van der Waals surface area contributed by atoms with E-state index in [9.17, 15) is 8.42 Å². The Morgan fingerprint density at radius 3 is 1.96 bits per heavy atom. The Balaban J connectivity index is 1.82. The maximum atomic E-state index is 12.7. The lowest BCUT2D eigenvalue weighted by molar-refractivity contribution is 0.391. The van der Waals surface area contributed by atoms with Gasteiger partial charge in [0.15, 0.2) is 5.76 Å². The monoisotopic (exact) mass is 391 g/mol. The Bertz CT molecular complexity index is 1180. The molecule has 0 fully saturated rings. The molecule has 0 aliphatic heterocycles. The minimum atomic E-state index is -4.05. The molecule has 0 saturated carbocycles. The van der Waals surface area contributed by atoms with Gasteiger partial charge in [0, 0.05) is 5.56 Å². The fourth-order valence-electron chi connectivity index (χ4n) is 2.84. The molecule has 28 heavy (non-hydrogen) atoms. The number of aromatic nitrogens is 1. The summed E-state index contributed by atoms with van der Waals surface area (Å²) in [7, 11) is -4.05. The van der Waals surface area contributed by atoms with Gasteiger partial charge in [0.1, 0.15) is 4.90 Å². The quantitative estimate of drug-likeness (QED) is 0.444. The van der Waals surface area contributed by atoms with Crippen molar-refractivity contribution >= 4 is 10.1 Å². The van der Waals surface area contributed by atoms with Gasteiger partial charge in [-0.2, -0.15) is 8.42 Å². The highest BCUT2D eigenvalue weighted by Gasteiger charge is 2.26. The van der Waals surface area contributed by atoms with E-state index >= 15 is 0 Å². The zero-order chi connectivity index (χ0) is 19.6. The molecule has 6 heteroatoms. The third-order valence-electron chi connectivity index (χ3n) is 4.26. The van der Waals surface area contributed by atoms with Crippen LogP contribution in [0.3, 0.4) is 0 Å². The molecule has 0 atom stereocenters. The van der Waals surface area contributed by atoms with Crippen LogP contribution in [0.25, 0.3) is 22.5 Å². The van der Waals surface area contributed by atoms with Gasteiger partial charge < -0.3 is 8.71 Å². The SMILES string of the molecule is Cc1ccc(S(=O)(=O)Oc2noc(-c3ccccc3)c2-c2ccccc2)cc1. The molecule has 0 spiro atoms. The van der Waals surface area contributed by atoms with Crippen LogP contribution in [0.5, 0.6) is 5.88 Å². The molecule has 1 heterocycles. The Morgan fingerprint density at radius 2 is 1.36 bits per heavy atom. The van der Waals surface area contributed by atoms with Crippen molar-refractivity contribution in [3.05, 3.63) is 90.5 Å². The van der Waals surface area contributed by atoms with Gasteiger partial charge in [0.2, 0.25) is 0 Å². The summed E-state index contributed by atoms with van der Waals surface area (Å²) >= 11 is 0. The topological polar surface area (TPSA) is 69.4 Å². The lowest BCUT2D eigenvalue weighted by Gasteiger charge is -2.07. The summed E-state index contributed by atoms with van der Waals surface area (Å²) in [6.45, 7) is 1.88. The first kappa shape index (κ1) is 18.0. The van der Waals surface area contributed by atoms with Crippen molar-refractivity contribution in [2.75, 3.05) is 0 Å². The van der Waals surface area contributed by atoms with Crippen molar-refractivity contribution in [2.24, 2.45) is 0 Å². The van der Waals surface area contributed by atoms with Crippen LogP contribution in [0.1, 0.15) is 5.56 Å². The zero-order valence-electron chi connectivity index (χ0n) is 15.1. The molecule has 0 radical (unpaired) electrons. The lowest BCUT2D eigenvalue weighted by atomic mass is 10.0. The van der Waals surface area contributed by atoms with Gasteiger partial charge in [-0.25, -0.2) is 0 Å². The van der Waals surface area contributed by atoms with E-state index in [-0.39, 0.29) is 10.8 Å². The van der Waals surface area contributed by atoms with Gasteiger partial charge in [0.25, 0.3) is 5.88 Å². The molecule has 0 amide bonds. The van der Waals surface area contributed by atoms with E-state index in [1.165, 1.54) is 12.1 Å². The predicted octanol–water partition coefficient (Wildman–Crippen LogP) is 5.08. The van der Waals surface area contributed by atoms with Crippen molar-refractivity contribution in [1.29, 1.82) is 0 Å². The Kier molecular flexibility index (Phi) is 4.71. The zero-order valence-corrected chi connectivity index (χ0v) is 15.9. The summed E-state index contributed by atoms with van der Waals surface area (Å²) in [5.41, 5.74) is 2.97. The van der Waals surface area contributed by atoms with E-state index in [2.05, 4.69) is 5.16 Å². The Morgan fingerprint density at radius 1 is 0.786 bits per heavy atom. The predicted molar refractivity (Wildman–Crippen MR) is 106 cm³/mol. The summed E-state index contributed by atoms with van der Waals surface area (Å²) in [5.74, 6) is 0.353. The second-order valence-electron chi connectivity index (χ2n) is 6.27. The number of rotatable bonds is 5. The van der Waals surface area contributed by atoms with Crippen molar-refractivity contribution < 1.29 is 17.1 Å². The average molecular weight is 391 g/mol. The number of nitrogens with zero attached hydrogens (tertiary/aromatic N) is 1. The normalized spacial score (nSPS) is 11.3. The average Bonchev–Trinajstić information content (AvgIpc) is 3.12. The van der Waals surface area contributed by atoms with Crippen molar-refractivity contribution in [3.8, 4) is 28.3 Å². The molecule has 0 bridgehead atoms. The van der Waals surface area contributed by atoms with Gasteiger partial charge in [-0.1, -0.05) is 78.4 Å². The minimum absolute atomic E-state index is 0.0568. The van der Waals surface area contributed by atoms with Gasteiger partial charge in [-0.15, -0.1) is 0 Å². The van der Waals surface area contributed by atoms with Crippen LogP contribution < -0.4 is 4.18 Å². The maximum Gasteiger partial charge on any atom is 0.340 e. The molecule has 0 N–H and O–H groups in total. The second kappa shape index (κ2) is 7.32. The summed E-state index contributed by atoms with van der Waals surface area (Å²) in [5, 5.41) is 3.92. The summed E-state index contributed by atoms with van der Waals surface area (Å²) < 4.78 is 36.4. The first-order valence-corrected chi connectivity index (χ1v) is 10.1. The maximum absolute atomic E-state index is 12.7. The number of hydrogen-bond donors (Lipinski definition) is 0. The molecule has 140 valence electrons. The van der Waals surface area contributed by atoms with Crippen molar-refractivity contribution in [2.45, 2.75) is 11.8 Å². The van der Waals surface area contributed by atoms with Crippen LogP contribution >= 0.6 is 0 Å². The highest BCUT2D eigenvalue weighted by atomic mass is 32.2. The standard InChI is InChI=1S/C22H17NO4S/c1-16-12-14-19(15-13-16)28(24,25)27-22-20(17-8-4-2-5-9-17)21(26-23-22)18-10-6-3-7-11-18/h2-15H,1H3. The molecule has 4 rings (SSSR count). The first-order valence-electron chi connectivity index (χ1n) is 8.66.